The maximum absolute atomic E-state index is 12.6. The minimum Gasteiger partial charge on any atom is -0.496 e. The van der Waals surface area contributed by atoms with Crippen LogP contribution in [0.15, 0.2) is 42.5 Å². The molecule has 1 fully saturated rings. The van der Waals surface area contributed by atoms with Gasteiger partial charge >= 0.3 is 0 Å². The van der Waals surface area contributed by atoms with E-state index in [0.29, 0.717) is 40.9 Å². The Balaban J connectivity index is 1.31. The number of methoxy groups -OCH3 is 1. The van der Waals surface area contributed by atoms with Gasteiger partial charge in [-0.25, -0.2) is 8.42 Å². The molecule has 0 spiro atoms. The molecular weight excluding hydrogens is 486 g/mol. The van der Waals surface area contributed by atoms with Gasteiger partial charge in [0.1, 0.15) is 5.75 Å². The summed E-state index contributed by atoms with van der Waals surface area (Å²) in [6, 6.07) is 12.5. The van der Waals surface area contributed by atoms with Crippen molar-refractivity contribution in [3.8, 4) is 5.75 Å². The molecule has 1 aliphatic rings. The maximum Gasteiger partial charge on any atom is 0.255 e. The number of nitrogen functional groups attached to an aromatic ring is 1. The highest BCUT2D eigenvalue weighted by atomic mass is 35.5. The van der Waals surface area contributed by atoms with Crippen molar-refractivity contribution in [3.63, 3.8) is 0 Å². The molecule has 7 nitrogen and oxygen atoms in total. The fraction of sp³-hybridized carbons (Fsp3) is 0.500. The monoisotopic (exact) mass is 521 g/mol. The molecule has 0 atom stereocenters. The lowest BCUT2D eigenvalue weighted by Gasteiger charge is -2.32. The van der Waals surface area contributed by atoms with Gasteiger partial charge in [0.15, 0.2) is 9.84 Å². The van der Waals surface area contributed by atoms with E-state index in [-0.39, 0.29) is 17.4 Å². The van der Waals surface area contributed by atoms with Crippen LogP contribution in [0, 0.1) is 5.92 Å². The highest BCUT2D eigenvalue weighted by molar-refractivity contribution is 7.90. The molecule has 0 unspecified atom stereocenters. The SMILES string of the molecule is COc1cc(N)c(Cl)cc1C(=O)NCC1CCN(CCCCCS(=O)(=O)Cc2ccccc2)CC1. The molecule has 1 saturated heterocycles. The maximum atomic E-state index is 12.6. The average molecular weight is 522 g/mol. The second kappa shape index (κ2) is 13.1. The molecule has 3 N–H and O–H groups in total. The van der Waals surface area contributed by atoms with E-state index in [4.69, 9.17) is 22.1 Å². The van der Waals surface area contributed by atoms with E-state index in [9.17, 15) is 13.2 Å². The number of hydrogen-bond donors (Lipinski definition) is 2. The minimum absolute atomic E-state index is 0.121. The predicted molar refractivity (Wildman–Crippen MR) is 142 cm³/mol. The molecule has 0 saturated carbocycles. The first-order chi connectivity index (χ1) is 16.8. The van der Waals surface area contributed by atoms with Gasteiger partial charge in [-0.2, -0.15) is 0 Å². The summed E-state index contributed by atoms with van der Waals surface area (Å²) < 4.78 is 29.9. The van der Waals surface area contributed by atoms with Gasteiger partial charge in [-0.05, 0) is 62.9 Å². The van der Waals surface area contributed by atoms with Crippen LogP contribution in [-0.2, 0) is 15.6 Å². The van der Waals surface area contributed by atoms with Gasteiger partial charge in [0, 0.05) is 12.6 Å². The number of anilines is 1. The van der Waals surface area contributed by atoms with E-state index >= 15 is 0 Å². The topological polar surface area (TPSA) is 102 Å². The van der Waals surface area contributed by atoms with Crippen molar-refractivity contribution < 1.29 is 17.9 Å². The number of amides is 1. The number of nitrogens with two attached hydrogens (primary N) is 1. The second-order valence-electron chi connectivity index (χ2n) is 9.21. The number of hydrogen-bond acceptors (Lipinski definition) is 6. The third kappa shape index (κ3) is 8.70. The largest absolute Gasteiger partial charge is 0.496 e. The summed E-state index contributed by atoms with van der Waals surface area (Å²) in [6.07, 6.45) is 4.66. The van der Waals surface area contributed by atoms with Crippen molar-refractivity contribution in [2.45, 2.75) is 37.9 Å². The highest BCUT2D eigenvalue weighted by Gasteiger charge is 2.21. The van der Waals surface area contributed by atoms with Crippen LogP contribution in [0.25, 0.3) is 0 Å². The third-order valence-corrected chi connectivity index (χ3v) is 8.49. The number of unbranched alkanes of at least 4 members (excludes halogenated alkanes) is 2. The lowest BCUT2D eigenvalue weighted by Crippen LogP contribution is -2.39. The van der Waals surface area contributed by atoms with E-state index in [2.05, 4.69) is 10.2 Å². The molecule has 9 heteroatoms. The Morgan fingerprint density at radius 2 is 1.86 bits per heavy atom. The molecule has 0 bridgehead atoms. The lowest BCUT2D eigenvalue weighted by molar-refractivity contribution is 0.0933. The van der Waals surface area contributed by atoms with Gasteiger partial charge in [0.05, 0.1) is 34.9 Å². The van der Waals surface area contributed by atoms with Crippen molar-refractivity contribution >= 4 is 33.0 Å². The molecule has 1 aliphatic heterocycles. The summed E-state index contributed by atoms with van der Waals surface area (Å²) >= 11 is 6.07. The van der Waals surface area contributed by atoms with E-state index in [1.807, 2.05) is 30.3 Å². The molecule has 2 aromatic carbocycles. The minimum atomic E-state index is -3.06. The number of ether oxygens (including phenoxy) is 1. The third-order valence-electron chi connectivity index (χ3n) is 6.48. The van der Waals surface area contributed by atoms with Gasteiger partial charge < -0.3 is 20.7 Å². The number of carbonyl (C=O) groups excluding carboxylic acids is 1. The van der Waals surface area contributed by atoms with Gasteiger partial charge in [0.25, 0.3) is 5.91 Å². The number of piperidine rings is 1. The Morgan fingerprint density at radius 1 is 1.14 bits per heavy atom. The number of rotatable bonds is 12. The van der Waals surface area contributed by atoms with Crippen LogP contribution in [0.4, 0.5) is 5.69 Å². The van der Waals surface area contributed by atoms with Gasteiger partial charge in [-0.3, -0.25) is 4.79 Å². The Hall–Kier alpha value is -2.29. The van der Waals surface area contributed by atoms with E-state index in [1.165, 1.54) is 7.11 Å². The fourth-order valence-corrected chi connectivity index (χ4v) is 6.05. The molecule has 0 aliphatic carbocycles. The van der Waals surface area contributed by atoms with Crippen LogP contribution in [-0.4, -0.2) is 58.3 Å². The molecule has 0 radical (unpaired) electrons. The van der Waals surface area contributed by atoms with Gasteiger partial charge in [-0.15, -0.1) is 0 Å². The van der Waals surface area contributed by atoms with E-state index < -0.39 is 9.84 Å². The quantitative estimate of drug-likeness (QED) is 0.321. The molecular formula is C26H36ClN3O4S. The average Bonchev–Trinajstić information content (AvgIpc) is 2.84. The summed E-state index contributed by atoms with van der Waals surface area (Å²) in [5.74, 6) is 0.984. The number of sulfone groups is 1. The van der Waals surface area contributed by atoms with Gasteiger partial charge in [0.2, 0.25) is 0 Å². The van der Waals surface area contributed by atoms with Crippen LogP contribution in [0.2, 0.25) is 5.02 Å². The number of nitrogens with zero attached hydrogens (tertiary/aromatic N) is 1. The zero-order valence-electron chi connectivity index (χ0n) is 20.3. The molecule has 35 heavy (non-hydrogen) atoms. The van der Waals surface area contributed by atoms with Gasteiger partial charge in [-0.1, -0.05) is 48.4 Å². The summed E-state index contributed by atoms with van der Waals surface area (Å²) in [5, 5.41) is 3.33. The summed E-state index contributed by atoms with van der Waals surface area (Å²) in [6.45, 7) is 3.57. The number of carbonyl (C=O) groups is 1. The van der Waals surface area contributed by atoms with Crippen LogP contribution in [0.1, 0.15) is 48.0 Å². The highest BCUT2D eigenvalue weighted by Crippen LogP contribution is 2.29. The molecule has 1 heterocycles. The van der Waals surface area contributed by atoms with Crippen LogP contribution < -0.4 is 15.8 Å². The first-order valence-electron chi connectivity index (χ1n) is 12.2. The van der Waals surface area contributed by atoms with E-state index in [1.54, 1.807) is 12.1 Å². The standard InChI is InChI=1S/C26H36ClN3O4S/c1-34-25-17-24(28)23(27)16-22(25)26(31)29-18-20-10-13-30(14-11-20)12-6-3-7-15-35(32,33)19-21-8-4-2-5-9-21/h2,4-5,8-9,16-17,20H,3,6-7,10-15,18-19,28H2,1H3,(H,29,31). The fourth-order valence-electron chi connectivity index (χ4n) is 4.40. The van der Waals surface area contributed by atoms with Crippen LogP contribution >= 0.6 is 11.6 Å². The summed E-state index contributed by atoms with van der Waals surface area (Å²) in [4.78, 5) is 15.1. The Kier molecular flexibility index (Phi) is 10.2. The lowest BCUT2D eigenvalue weighted by atomic mass is 9.96. The molecule has 3 rings (SSSR count). The Morgan fingerprint density at radius 3 is 2.54 bits per heavy atom. The van der Waals surface area contributed by atoms with Crippen LogP contribution in [0.5, 0.6) is 5.75 Å². The van der Waals surface area contributed by atoms with Crippen molar-refractivity contribution in [1.82, 2.24) is 10.2 Å². The van der Waals surface area contributed by atoms with Crippen molar-refractivity contribution in [2.24, 2.45) is 5.92 Å². The first-order valence-corrected chi connectivity index (χ1v) is 14.4. The predicted octanol–water partition coefficient (Wildman–Crippen LogP) is 4.16. The van der Waals surface area contributed by atoms with Crippen molar-refractivity contribution in [3.05, 3.63) is 58.6 Å². The smallest absolute Gasteiger partial charge is 0.255 e. The number of halogens is 1. The Labute approximate surface area is 213 Å². The second-order valence-corrected chi connectivity index (χ2v) is 11.8. The normalized spacial score (nSPS) is 15.1. The first kappa shape index (κ1) is 27.3. The van der Waals surface area contributed by atoms with Crippen molar-refractivity contribution in [1.29, 1.82) is 0 Å². The number of likely N-dealkylation sites (tertiary alicyclic amines) is 1. The van der Waals surface area contributed by atoms with E-state index in [0.717, 1.165) is 50.9 Å². The molecule has 1 amide bonds. The summed E-state index contributed by atoms with van der Waals surface area (Å²) in [7, 11) is -1.56. The Bertz CT molecular complexity index is 1070. The van der Waals surface area contributed by atoms with Crippen LogP contribution in [0.3, 0.4) is 0 Å². The number of benzene rings is 2. The zero-order valence-corrected chi connectivity index (χ0v) is 21.9. The van der Waals surface area contributed by atoms with Crippen molar-refractivity contribution in [2.75, 3.05) is 44.8 Å². The molecule has 192 valence electrons. The summed E-state index contributed by atoms with van der Waals surface area (Å²) in [5.41, 5.74) is 7.40. The number of nitrogens with one attached hydrogen (secondary N) is 1. The zero-order chi connectivity index (χ0) is 25.3. The molecule has 2 aromatic rings. The molecule has 0 aromatic heterocycles.